The van der Waals surface area contributed by atoms with Gasteiger partial charge in [-0.1, -0.05) is 18.2 Å². The van der Waals surface area contributed by atoms with Gasteiger partial charge in [-0.15, -0.1) is 0 Å². The molecule has 1 amide bonds. The average Bonchev–Trinajstić information content (AvgIpc) is 2.72. The van der Waals surface area contributed by atoms with Crippen LogP contribution in [0.25, 0.3) is 6.08 Å². The maximum Gasteiger partial charge on any atom is 0.416 e. The van der Waals surface area contributed by atoms with E-state index in [2.05, 4.69) is 0 Å². The fourth-order valence-corrected chi connectivity index (χ4v) is 3.08. The highest BCUT2D eigenvalue weighted by atomic mass is 19.4. The molecular weight excluding hydrogens is 387 g/mol. The van der Waals surface area contributed by atoms with Crippen molar-refractivity contribution in [2.75, 3.05) is 31.1 Å². The van der Waals surface area contributed by atoms with Crippen molar-refractivity contribution in [3.05, 3.63) is 75.8 Å². The minimum Gasteiger partial charge on any atom is -0.368 e. The molecule has 1 saturated heterocycles. The number of nitro benzene ring substituents is 1. The van der Waals surface area contributed by atoms with Crippen LogP contribution in [0.4, 0.5) is 24.5 Å². The van der Waals surface area contributed by atoms with Gasteiger partial charge in [-0.2, -0.15) is 13.2 Å². The quantitative estimate of drug-likeness (QED) is 0.439. The zero-order valence-corrected chi connectivity index (χ0v) is 15.3. The summed E-state index contributed by atoms with van der Waals surface area (Å²) in [5, 5.41) is 10.8. The lowest BCUT2D eigenvalue weighted by molar-refractivity contribution is -0.384. The number of carbonyl (C=O) groups excluding carboxylic acids is 1. The number of nitrogens with zero attached hydrogens (tertiary/aromatic N) is 3. The summed E-state index contributed by atoms with van der Waals surface area (Å²) < 4.78 is 38.6. The third-order valence-electron chi connectivity index (χ3n) is 4.63. The number of halogens is 3. The predicted octanol–water partition coefficient (Wildman–Crippen LogP) is 3.98. The lowest BCUT2D eigenvalue weighted by Crippen LogP contribution is -2.48. The van der Waals surface area contributed by atoms with Crippen LogP contribution in [0.1, 0.15) is 11.1 Å². The Morgan fingerprint density at radius 3 is 2.38 bits per heavy atom. The number of carbonyl (C=O) groups is 1. The molecule has 1 heterocycles. The van der Waals surface area contributed by atoms with Crippen molar-refractivity contribution in [1.82, 2.24) is 4.90 Å². The van der Waals surface area contributed by atoms with Crippen molar-refractivity contribution < 1.29 is 22.9 Å². The smallest absolute Gasteiger partial charge is 0.368 e. The Balaban J connectivity index is 1.60. The zero-order chi connectivity index (χ0) is 21.0. The minimum absolute atomic E-state index is 0.0608. The van der Waals surface area contributed by atoms with E-state index in [4.69, 9.17) is 0 Å². The van der Waals surface area contributed by atoms with Crippen molar-refractivity contribution >= 4 is 23.4 Å². The third-order valence-corrected chi connectivity index (χ3v) is 4.63. The van der Waals surface area contributed by atoms with Gasteiger partial charge >= 0.3 is 6.18 Å². The fourth-order valence-electron chi connectivity index (χ4n) is 3.08. The van der Waals surface area contributed by atoms with E-state index in [1.807, 2.05) is 4.90 Å². The van der Waals surface area contributed by atoms with Gasteiger partial charge < -0.3 is 9.80 Å². The first-order valence-electron chi connectivity index (χ1n) is 8.88. The van der Waals surface area contributed by atoms with Crippen LogP contribution in [-0.2, 0) is 11.0 Å². The first kappa shape index (κ1) is 20.4. The van der Waals surface area contributed by atoms with Crippen molar-refractivity contribution in [2.45, 2.75) is 6.18 Å². The second kappa shape index (κ2) is 8.34. The van der Waals surface area contributed by atoms with Crippen LogP contribution in [0.15, 0.2) is 54.6 Å². The Kier molecular flexibility index (Phi) is 5.86. The van der Waals surface area contributed by atoms with Gasteiger partial charge in [-0.25, -0.2) is 0 Å². The Labute approximate surface area is 165 Å². The highest BCUT2D eigenvalue weighted by Gasteiger charge is 2.31. The van der Waals surface area contributed by atoms with Crippen LogP contribution in [0, 0.1) is 10.1 Å². The van der Waals surface area contributed by atoms with E-state index in [0.717, 1.165) is 12.1 Å². The number of alkyl halides is 3. The predicted molar refractivity (Wildman–Crippen MR) is 102 cm³/mol. The molecule has 1 fully saturated rings. The van der Waals surface area contributed by atoms with Crippen molar-refractivity contribution in [2.24, 2.45) is 0 Å². The van der Waals surface area contributed by atoms with Gasteiger partial charge in [-0.05, 0) is 29.8 Å². The van der Waals surface area contributed by atoms with Crippen LogP contribution in [0.3, 0.4) is 0 Å². The summed E-state index contributed by atoms with van der Waals surface area (Å²) in [6.45, 7) is 1.57. The van der Waals surface area contributed by atoms with E-state index in [9.17, 15) is 28.1 Å². The van der Waals surface area contributed by atoms with Crippen LogP contribution in [-0.4, -0.2) is 41.9 Å². The van der Waals surface area contributed by atoms with E-state index in [-0.39, 0.29) is 11.6 Å². The third kappa shape index (κ3) is 5.13. The highest BCUT2D eigenvalue weighted by Crippen LogP contribution is 2.31. The fraction of sp³-hybridized carbons (Fsp3) is 0.250. The Bertz CT molecular complexity index is 936. The standard InChI is InChI=1S/C20H18F3N3O3/c21-20(22,23)16-4-2-5-17(14-16)24-9-11-25(12-10-24)19(27)8-7-15-3-1-6-18(13-15)26(28)29/h1-8,13-14H,9-12H2/b8-7+. The largest absolute Gasteiger partial charge is 0.416 e. The summed E-state index contributed by atoms with van der Waals surface area (Å²) in [6.07, 6.45) is -1.54. The second-order valence-corrected chi connectivity index (χ2v) is 6.55. The number of anilines is 1. The van der Waals surface area contributed by atoms with Gasteiger partial charge in [0.1, 0.15) is 0 Å². The Morgan fingerprint density at radius 2 is 1.72 bits per heavy atom. The molecule has 29 heavy (non-hydrogen) atoms. The normalized spacial score (nSPS) is 15.0. The summed E-state index contributed by atoms with van der Waals surface area (Å²) in [4.78, 5) is 26.1. The molecule has 1 aliphatic rings. The van der Waals surface area contributed by atoms with Gasteiger partial charge in [0.2, 0.25) is 5.91 Å². The molecule has 6 nitrogen and oxygen atoms in total. The molecule has 1 aliphatic heterocycles. The molecule has 0 saturated carbocycles. The van der Waals surface area contributed by atoms with Crippen LogP contribution in [0.5, 0.6) is 0 Å². The van der Waals surface area contributed by atoms with E-state index in [1.165, 1.54) is 36.4 Å². The number of nitro groups is 1. The lowest BCUT2D eigenvalue weighted by atomic mass is 10.1. The lowest BCUT2D eigenvalue weighted by Gasteiger charge is -2.35. The topological polar surface area (TPSA) is 66.7 Å². The van der Waals surface area contributed by atoms with E-state index in [0.29, 0.717) is 37.4 Å². The average molecular weight is 405 g/mol. The first-order chi connectivity index (χ1) is 13.7. The van der Waals surface area contributed by atoms with E-state index < -0.39 is 16.7 Å². The summed E-state index contributed by atoms with van der Waals surface area (Å²) in [6, 6.07) is 11.1. The molecule has 2 aromatic carbocycles. The molecule has 0 bridgehead atoms. The molecule has 0 atom stereocenters. The number of hydrogen-bond acceptors (Lipinski definition) is 4. The summed E-state index contributed by atoms with van der Waals surface area (Å²) in [5.74, 6) is -0.250. The van der Waals surface area contributed by atoms with E-state index in [1.54, 1.807) is 17.0 Å². The molecule has 152 valence electrons. The van der Waals surface area contributed by atoms with Crippen LogP contribution in [0.2, 0.25) is 0 Å². The molecule has 0 spiro atoms. The molecule has 9 heteroatoms. The van der Waals surface area contributed by atoms with Gasteiger partial charge in [-0.3, -0.25) is 14.9 Å². The monoisotopic (exact) mass is 405 g/mol. The van der Waals surface area contributed by atoms with Gasteiger partial charge in [0, 0.05) is 50.1 Å². The van der Waals surface area contributed by atoms with Crippen molar-refractivity contribution in [3.8, 4) is 0 Å². The summed E-state index contributed by atoms with van der Waals surface area (Å²) in [5.41, 5.74) is 0.247. The maximum atomic E-state index is 12.9. The second-order valence-electron chi connectivity index (χ2n) is 6.55. The zero-order valence-electron chi connectivity index (χ0n) is 15.3. The molecule has 2 aromatic rings. The maximum absolute atomic E-state index is 12.9. The molecule has 0 radical (unpaired) electrons. The van der Waals surface area contributed by atoms with E-state index >= 15 is 0 Å². The highest BCUT2D eigenvalue weighted by molar-refractivity contribution is 5.92. The molecule has 0 unspecified atom stereocenters. The molecule has 0 aromatic heterocycles. The first-order valence-corrected chi connectivity index (χ1v) is 8.88. The Morgan fingerprint density at radius 1 is 1.03 bits per heavy atom. The summed E-state index contributed by atoms with van der Waals surface area (Å²) >= 11 is 0. The van der Waals surface area contributed by atoms with Crippen LogP contribution < -0.4 is 4.90 Å². The SMILES string of the molecule is O=C(/C=C/c1cccc([N+](=O)[O-])c1)N1CCN(c2cccc(C(F)(F)F)c2)CC1. The summed E-state index contributed by atoms with van der Waals surface area (Å²) in [7, 11) is 0. The molecule has 0 N–H and O–H groups in total. The van der Waals surface area contributed by atoms with Gasteiger partial charge in [0.05, 0.1) is 10.5 Å². The Hall–Kier alpha value is -3.36. The van der Waals surface area contributed by atoms with Crippen molar-refractivity contribution in [3.63, 3.8) is 0 Å². The number of benzene rings is 2. The minimum atomic E-state index is -4.40. The molecule has 3 rings (SSSR count). The van der Waals surface area contributed by atoms with Gasteiger partial charge in [0.25, 0.3) is 5.69 Å². The number of hydrogen-bond donors (Lipinski definition) is 0. The van der Waals surface area contributed by atoms with Crippen molar-refractivity contribution in [1.29, 1.82) is 0 Å². The molecule has 0 aliphatic carbocycles. The number of non-ortho nitro benzene ring substituents is 1. The number of amides is 1. The number of rotatable bonds is 4. The molecular formula is C20H18F3N3O3. The number of piperazine rings is 1. The van der Waals surface area contributed by atoms with Crippen LogP contribution >= 0.6 is 0 Å². The van der Waals surface area contributed by atoms with Gasteiger partial charge in [0.15, 0.2) is 0 Å².